The molecule has 0 heterocycles. The van der Waals surface area contributed by atoms with Gasteiger partial charge in [-0.2, -0.15) is 5.26 Å². The molecule has 0 spiro atoms. The molecule has 1 amide bonds. The molecule has 6 N–H and O–H groups in total. The molecule has 1 aliphatic rings. The molecule has 0 aliphatic heterocycles. The highest BCUT2D eigenvalue weighted by atomic mass is 16.1. The number of nitrogens with one attached hydrogen (secondary N) is 2. The normalized spacial score (nSPS) is 24.8. The predicted octanol–water partition coefficient (Wildman–Crippen LogP) is -0.0364. The van der Waals surface area contributed by atoms with Crippen molar-refractivity contribution in [3.63, 3.8) is 0 Å². The number of carbonyl (C=O) groups is 1. The van der Waals surface area contributed by atoms with Gasteiger partial charge in [0.2, 0.25) is 0 Å². The van der Waals surface area contributed by atoms with Gasteiger partial charge < -0.3 is 16.8 Å². The van der Waals surface area contributed by atoms with Crippen molar-refractivity contribution in [1.29, 1.82) is 10.7 Å². The zero-order chi connectivity index (χ0) is 12.8. The molecule has 0 aromatic carbocycles. The Labute approximate surface area is 100 Å². The number of rotatable bonds is 4. The summed E-state index contributed by atoms with van der Waals surface area (Å²) in [5.41, 5.74) is 10.3. The summed E-state index contributed by atoms with van der Waals surface area (Å²) < 4.78 is 0. The van der Waals surface area contributed by atoms with Crippen LogP contribution in [-0.2, 0) is 4.79 Å². The number of carbonyl (C=O) groups excluding carboxylic acids is 1. The van der Waals surface area contributed by atoms with Gasteiger partial charge in [0.25, 0.3) is 5.91 Å². The first-order valence-electron chi connectivity index (χ1n) is 5.56. The van der Waals surface area contributed by atoms with Crippen LogP contribution >= 0.6 is 0 Å². The maximum atomic E-state index is 11.0. The second kappa shape index (κ2) is 5.89. The third-order valence-electron chi connectivity index (χ3n) is 2.93. The molecule has 2 atom stereocenters. The van der Waals surface area contributed by atoms with Gasteiger partial charge >= 0.3 is 0 Å². The number of amidine groups is 1. The average Bonchev–Trinajstić information content (AvgIpc) is 2.29. The topological polar surface area (TPSA) is 129 Å². The van der Waals surface area contributed by atoms with Gasteiger partial charge in [0.15, 0.2) is 0 Å². The van der Waals surface area contributed by atoms with Crippen LogP contribution in [0.25, 0.3) is 0 Å². The van der Waals surface area contributed by atoms with Gasteiger partial charge in [0.05, 0.1) is 17.6 Å². The number of nitrogens with two attached hydrogens (primary N) is 2. The van der Waals surface area contributed by atoms with E-state index in [9.17, 15) is 4.79 Å². The third kappa shape index (κ3) is 3.48. The Hall–Kier alpha value is -2.03. The zero-order valence-corrected chi connectivity index (χ0v) is 9.57. The van der Waals surface area contributed by atoms with E-state index in [0.717, 1.165) is 25.7 Å². The first kappa shape index (κ1) is 13.0. The van der Waals surface area contributed by atoms with Crippen molar-refractivity contribution < 1.29 is 4.79 Å². The number of primary amides is 1. The summed E-state index contributed by atoms with van der Waals surface area (Å²) in [5.74, 6) is -1.18. The standard InChI is InChI=1S/C11H17N5O/c12-5-7-3-1-2-4-9(7)16-6-8(10(13)14)11(15)17/h6-7,9,16H,1-4H2,(H3,13,14)(H2,15,17)/b8-6+/t7-,9+/m1/s1. The third-order valence-corrected chi connectivity index (χ3v) is 2.93. The minimum Gasteiger partial charge on any atom is -0.386 e. The molecule has 92 valence electrons. The molecular weight excluding hydrogens is 218 g/mol. The Morgan fingerprint density at radius 2 is 2.06 bits per heavy atom. The molecule has 1 rings (SSSR count). The number of nitriles is 1. The van der Waals surface area contributed by atoms with Gasteiger partial charge in [-0.3, -0.25) is 10.2 Å². The smallest absolute Gasteiger partial charge is 0.253 e. The lowest BCUT2D eigenvalue weighted by Crippen LogP contribution is -2.36. The summed E-state index contributed by atoms with van der Waals surface area (Å²) in [4.78, 5) is 11.0. The fourth-order valence-corrected chi connectivity index (χ4v) is 1.96. The predicted molar refractivity (Wildman–Crippen MR) is 63.7 cm³/mol. The highest BCUT2D eigenvalue weighted by molar-refractivity contribution is 6.18. The molecule has 0 aromatic rings. The van der Waals surface area contributed by atoms with Crippen molar-refractivity contribution >= 4 is 11.7 Å². The number of hydrogen-bond donors (Lipinski definition) is 4. The number of nitrogens with zero attached hydrogens (tertiary/aromatic N) is 1. The SMILES string of the molecule is N#C[C@H]1CCCC[C@@H]1N/C=C(\C(=N)N)C(N)=O. The Kier molecular flexibility index (Phi) is 4.52. The van der Waals surface area contributed by atoms with E-state index in [1.807, 2.05) is 0 Å². The quantitative estimate of drug-likeness (QED) is 0.309. The van der Waals surface area contributed by atoms with Gasteiger partial charge in [-0.15, -0.1) is 0 Å². The monoisotopic (exact) mass is 235 g/mol. The van der Waals surface area contributed by atoms with Gasteiger partial charge in [-0.1, -0.05) is 12.8 Å². The number of hydrogen-bond acceptors (Lipinski definition) is 4. The fourth-order valence-electron chi connectivity index (χ4n) is 1.96. The molecule has 0 saturated heterocycles. The molecular formula is C11H17N5O. The summed E-state index contributed by atoms with van der Waals surface area (Å²) in [6.45, 7) is 0. The largest absolute Gasteiger partial charge is 0.386 e. The van der Waals surface area contributed by atoms with Crippen molar-refractivity contribution in [1.82, 2.24) is 5.32 Å². The van der Waals surface area contributed by atoms with Crippen LogP contribution in [0.4, 0.5) is 0 Å². The lowest BCUT2D eigenvalue weighted by molar-refractivity contribution is -0.114. The van der Waals surface area contributed by atoms with E-state index >= 15 is 0 Å². The van der Waals surface area contributed by atoms with Gasteiger partial charge in [-0.25, -0.2) is 0 Å². The summed E-state index contributed by atoms with van der Waals surface area (Å²) in [6, 6.07) is 2.25. The van der Waals surface area contributed by atoms with Crippen molar-refractivity contribution in [3.8, 4) is 6.07 Å². The molecule has 1 fully saturated rings. The van der Waals surface area contributed by atoms with Gasteiger partial charge in [-0.05, 0) is 12.8 Å². The highest BCUT2D eigenvalue weighted by Crippen LogP contribution is 2.23. The number of amides is 1. The first-order valence-corrected chi connectivity index (χ1v) is 5.56. The van der Waals surface area contributed by atoms with Crippen LogP contribution < -0.4 is 16.8 Å². The molecule has 0 radical (unpaired) electrons. The first-order chi connectivity index (χ1) is 8.06. The van der Waals surface area contributed by atoms with E-state index < -0.39 is 5.91 Å². The van der Waals surface area contributed by atoms with Crippen molar-refractivity contribution in [3.05, 3.63) is 11.8 Å². The molecule has 6 heteroatoms. The second-order valence-corrected chi connectivity index (χ2v) is 4.13. The van der Waals surface area contributed by atoms with Crippen molar-refractivity contribution in [2.24, 2.45) is 17.4 Å². The van der Waals surface area contributed by atoms with Crippen LogP contribution in [0.15, 0.2) is 11.8 Å². The maximum absolute atomic E-state index is 11.0. The Bertz CT molecular complexity index is 366. The molecule has 1 saturated carbocycles. The molecule has 17 heavy (non-hydrogen) atoms. The Morgan fingerprint density at radius 3 is 2.59 bits per heavy atom. The lowest BCUT2D eigenvalue weighted by atomic mass is 9.85. The molecule has 0 unspecified atom stereocenters. The van der Waals surface area contributed by atoms with Gasteiger partial charge in [0.1, 0.15) is 5.84 Å². The van der Waals surface area contributed by atoms with Crippen LogP contribution in [0.2, 0.25) is 0 Å². The average molecular weight is 235 g/mol. The highest BCUT2D eigenvalue weighted by Gasteiger charge is 2.24. The van der Waals surface area contributed by atoms with E-state index in [1.165, 1.54) is 6.20 Å². The van der Waals surface area contributed by atoms with Crippen LogP contribution in [0.1, 0.15) is 25.7 Å². The van der Waals surface area contributed by atoms with Crippen molar-refractivity contribution in [2.45, 2.75) is 31.7 Å². The van der Waals surface area contributed by atoms with Crippen LogP contribution in [0, 0.1) is 22.7 Å². The second-order valence-electron chi connectivity index (χ2n) is 4.13. The van der Waals surface area contributed by atoms with Crippen LogP contribution in [0.5, 0.6) is 0 Å². The molecule has 0 bridgehead atoms. The summed E-state index contributed by atoms with van der Waals surface area (Å²) in [7, 11) is 0. The van der Waals surface area contributed by atoms with E-state index in [2.05, 4.69) is 11.4 Å². The zero-order valence-electron chi connectivity index (χ0n) is 9.57. The minimum absolute atomic E-state index is 0.00227. The van der Waals surface area contributed by atoms with E-state index in [-0.39, 0.29) is 23.4 Å². The maximum Gasteiger partial charge on any atom is 0.253 e. The molecule has 1 aliphatic carbocycles. The van der Waals surface area contributed by atoms with Crippen LogP contribution in [0.3, 0.4) is 0 Å². The lowest BCUT2D eigenvalue weighted by Gasteiger charge is -2.27. The molecule has 6 nitrogen and oxygen atoms in total. The Balaban J connectivity index is 2.70. The molecule has 0 aromatic heterocycles. The van der Waals surface area contributed by atoms with Crippen LogP contribution in [-0.4, -0.2) is 17.8 Å². The fraction of sp³-hybridized carbons (Fsp3) is 0.545. The summed E-state index contributed by atoms with van der Waals surface area (Å²) >= 11 is 0. The van der Waals surface area contributed by atoms with E-state index in [1.54, 1.807) is 0 Å². The Morgan fingerprint density at radius 1 is 1.41 bits per heavy atom. The summed E-state index contributed by atoms with van der Waals surface area (Å²) in [6.07, 6.45) is 5.18. The summed E-state index contributed by atoms with van der Waals surface area (Å²) in [5, 5.41) is 19.2. The van der Waals surface area contributed by atoms with Crippen molar-refractivity contribution in [2.75, 3.05) is 0 Å². The van der Waals surface area contributed by atoms with E-state index in [0.29, 0.717) is 0 Å². The van der Waals surface area contributed by atoms with Gasteiger partial charge in [0, 0.05) is 12.2 Å². The minimum atomic E-state index is -0.741. The van der Waals surface area contributed by atoms with E-state index in [4.69, 9.17) is 22.1 Å².